The van der Waals surface area contributed by atoms with Crippen molar-refractivity contribution < 1.29 is 18.5 Å². The number of nitrogens with zero attached hydrogens (tertiary/aromatic N) is 7. The number of aromatic nitrogens is 8. The highest BCUT2D eigenvalue weighted by atomic mass is 16.5. The largest absolute Gasteiger partial charge is 0.381 e. The van der Waals surface area contributed by atoms with Gasteiger partial charge in [0.25, 0.3) is 0 Å². The lowest BCUT2D eigenvalue weighted by Crippen LogP contribution is -2.29. The first-order chi connectivity index (χ1) is 28.7. The molecule has 0 unspecified atom stereocenters. The first-order valence-electron chi connectivity index (χ1n) is 21.7. The first kappa shape index (κ1) is 40.9. The summed E-state index contributed by atoms with van der Waals surface area (Å²) in [5, 5.41) is 11.8. The van der Waals surface area contributed by atoms with Crippen molar-refractivity contribution >= 4 is 28.3 Å². The number of nitrogens with one attached hydrogen (secondary N) is 2. The Morgan fingerprint density at radius 2 is 1.24 bits per heavy atom. The Hall–Kier alpha value is -4.86. The minimum Gasteiger partial charge on any atom is -0.381 e. The monoisotopic (exact) mass is 808 g/mol. The Morgan fingerprint density at radius 3 is 1.76 bits per heavy atom. The van der Waals surface area contributed by atoms with Crippen LogP contribution in [0.1, 0.15) is 100.0 Å². The van der Waals surface area contributed by atoms with Gasteiger partial charge >= 0.3 is 5.69 Å². The van der Waals surface area contributed by atoms with Gasteiger partial charge in [0.1, 0.15) is 11.5 Å². The van der Waals surface area contributed by atoms with Crippen LogP contribution in [0.2, 0.25) is 0 Å². The van der Waals surface area contributed by atoms with Crippen LogP contribution < -0.4 is 16.7 Å². The normalized spacial score (nSPS) is 18.3. The van der Waals surface area contributed by atoms with E-state index in [0.717, 1.165) is 133 Å². The van der Waals surface area contributed by atoms with Crippen molar-refractivity contribution in [1.82, 2.24) is 39.4 Å². The zero-order chi connectivity index (χ0) is 40.9. The summed E-state index contributed by atoms with van der Waals surface area (Å²) in [5.74, 6) is 3.84. The van der Waals surface area contributed by atoms with E-state index in [-0.39, 0.29) is 5.69 Å². The summed E-state index contributed by atoms with van der Waals surface area (Å²) in [7, 11) is 0. The fourth-order valence-corrected chi connectivity index (χ4v) is 9.22. The molecule has 0 spiro atoms. The van der Waals surface area contributed by atoms with Crippen molar-refractivity contribution in [3.8, 4) is 22.3 Å². The quantitative estimate of drug-likeness (QED) is 0.136. The molecule has 0 aromatic carbocycles. The Morgan fingerprint density at radius 1 is 0.712 bits per heavy atom. The van der Waals surface area contributed by atoms with Crippen molar-refractivity contribution in [2.24, 2.45) is 17.6 Å². The zero-order valence-corrected chi connectivity index (χ0v) is 35.1. The summed E-state index contributed by atoms with van der Waals surface area (Å²) >= 11 is 0. The summed E-state index contributed by atoms with van der Waals surface area (Å²) in [6, 6.07) is 5.03. The standard InChI is InChI=1S/C22H29N5O2.C17H20N4O2.C5H11NO/c1-14-20(15(2)29-26-14)17-11-19-21(23-12-17)25-22(24-18-7-9-28-10-8-18)27(19)13-16-5-3-4-6-16;1-10-15(11(2)23-20-10)13-7-14-16(18-8-13)19-17(22)21(14)9-12-5-3-4-6-12;6-5-1-3-7-4-2-5/h11-12,16,18H,3-10,13H2,1-2H3,(H,23,24,25);7-8,12H,3-6,9H2,1-2H3,(H,18,19,22);5H,1-4,6H2. The van der Waals surface area contributed by atoms with E-state index in [1.807, 2.05) is 44.5 Å². The van der Waals surface area contributed by atoms with Crippen molar-refractivity contribution in [1.29, 1.82) is 0 Å². The maximum Gasteiger partial charge on any atom is 0.327 e. The second kappa shape index (κ2) is 18.6. The van der Waals surface area contributed by atoms with Crippen molar-refractivity contribution in [3.05, 3.63) is 57.9 Å². The van der Waals surface area contributed by atoms with E-state index in [2.05, 4.69) is 36.2 Å². The van der Waals surface area contributed by atoms with Gasteiger partial charge in [0.15, 0.2) is 11.3 Å². The molecule has 4 aliphatic rings. The van der Waals surface area contributed by atoms with Gasteiger partial charge in [-0.2, -0.15) is 4.98 Å². The molecule has 0 atom stereocenters. The number of rotatable bonds is 8. The molecule has 0 radical (unpaired) electrons. The number of anilines is 1. The molecule has 6 aromatic rings. The Labute approximate surface area is 344 Å². The molecule has 15 nitrogen and oxygen atoms in total. The third kappa shape index (κ3) is 9.47. The van der Waals surface area contributed by atoms with Crippen LogP contribution >= 0.6 is 0 Å². The summed E-state index contributed by atoms with van der Waals surface area (Å²) in [4.78, 5) is 29.2. The number of ether oxygens (including phenoxy) is 2. The predicted molar refractivity (Wildman–Crippen MR) is 227 cm³/mol. The van der Waals surface area contributed by atoms with Crippen molar-refractivity contribution in [3.63, 3.8) is 0 Å². The van der Waals surface area contributed by atoms with Crippen LogP contribution in [0.25, 0.3) is 44.6 Å². The van der Waals surface area contributed by atoms with Gasteiger partial charge in [-0.25, -0.2) is 14.8 Å². The van der Waals surface area contributed by atoms with Gasteiger partial charge in [0.05, 0.1) is 22.4 Å². The second-order valence-electron chi connectivity index (χ2n) is 16.9. The van der Waals surface area contributed by atoms with Crippen LogP contribution in [0.15, 0.2) is 38.4 Å². The van der Waals surface area contributed by atoms with Gasteiger partial charge in [-0.05, 0) is 103 Å². The number of H-pyrrole nitrogens is 1. The molecule has 4 fully saturated rings. The first-order valence-corrected chi connectivity index (χ1v) is 21.7. The summed E-state index contributed by atoms with van der Waals surface area (Å²) in [5.41, 5.74) is 14.6. The number of fused-ring (bicyclic) bond motifs is 2. The number of pyridine rings is 2. The fraction of sp³-hybridized carbons (Fsp3) is 0.591. The molecular formula is C44H60N10O5. The minimum absolute atomic E-state index is 0.0738. The van der Waals surface area contributed by atoms with Crippen LogP contribution in [0.3, 0.4) is 0 Å². The van der Waals surface area contributed by atoms with Gasteiger partial charge < -0.3 is 34.1 Å². The Kier molecular flexibility index (Phi) is 12.9. The third-order valence-corrected chi connectivity index (χ3v) is 12.5. The van der Waals surface area contributed by atoms with E-state index in [9.17, 15) is 4.79 Å². The Bertz CT molecular complexity index is 2330. The average Bonchev–Trinajstić information content (AvgIpc) is 4.12. The van der Waals surface area contributed by atoms with Crippen LogP contribution in [0, 0.1) is 39.5 Å². The molecule has 10 rings (SSSR count). The molecule has 2 saturated carbocycles. The Balaban J connectivity index is 0.000000144. The lowest BCUT2D eigenvalue weighted by molar-refractivity contribution is 0.0866. The lowest BCUT2D eigenvalue weighted by Gasteiger charge is -2.24. The average molecular weight is 809 g/mol. The van der Waals surface area contributed by atoms with E-state index < -0.39 is 0 Å². The van der Waals surface area contributed by atoms with Gasteiger partial charge in [-0.3, -0.25) is 9.55 Å². The molecule has 59 heavy (non-hydrogen) atoms. The van der Waals surface area contributed by atoms with Crippen LogP contribution in [0.4, 0.5) is 5.95 Å². The predicted octanol–water partition coefficient (Wildman–Crippen LogP) is 7.79. The molecule has 2 aliphatic carbocycles. The number of aryl methyl sites for hydroxylation is 4. The SMILES string of the molecule is Cc1noc(C)c1-c1cnc2[nH]c(=O)n(CC3CCCC3)c2c1.Cc1noc(C)c1-c1cnc2nc(NC3CCOCC3)n(CC3CCCC3)c2c1.NC1CCOCC1. The van der Waals surface area contributed by atoms with Crippen LogP contribution in [-0.2, 0) is 22.6 Å². The lowest BCUT2D eigenvalue weighted by atomic mass is 10.1. The van der Waals surface area contributed by atoms with E-state index >= 15 is 0 Å². The van der Waals surface area contributed by atoms with Gasteiger partial charge in [-0.1, -0.05) is 36.0 Å². The summed E-state index contributed by atoms with van der Waals surface area (Å²) < 4.78 is 25.4. The van der Waals surface area contributed by atoms with Crippen molar-refractivity contribution in [2.45, 2.75) is 130 Å². The number of hydrogen-bond donors (Lipinski definition) is 3. The summed E-state index contributed by atoms with van der Waals surface area (Å²) in [6.07, 6.45) is 18.0. The second-order valence-corrected chi connectivity index (χ2v) is 16.9. The van der Waals surface area contributed by atoms with Crippen LogP contribution in [-0.4, -0.2) is 77.9 Å². The third-order valence-electron chi connectivity index (χ3n) is 12.5. The molecule has 15 heteroatoms. The molecule has 316 valence electrons. The van der Waals surface area contributed by atoms with Crippen LogP contribution in [0.5, 0.6) is 0 Å². The number of aromatic amines is 1. The molecule has 2 aliphatic heterocycles. The maximum absolute atomic E-state index is 12.3. The molecular weight excluding hydrogens is 749 g/mol. The molecule has 2 saturated heterocycles. The van der Waals surface area contributed by atoms with Gasteiger partial charge in [-0.15, -0.1) is 0 Å². The number of imidazole rings is 2. The molecule has 6 aromatic heterocycles. The minimum atomic E-state index is -0.0738. The molecule has 4 N–H and O–H groups in total. The highest BCUT2D eigenvalue weighted by molar-refractivity contribution is 5.82. The topological polar surface area (TPSA) is 190 Å². The van der Waals surface area contributed by atoms with Crippen molar-refractivity contribution in [2.75, 3.05) is 31.7 Å². The number of nitrogens with two attached hydrogens (primary N) is 1. The van der Waals surface area contributed by atoms with E-state index in [1.54, 1.807) is 6.20 Å². The van der Waals surface area contributed by atoms with E-state index in [4.69, 9.17) is 34.2 Å². The molecule has 0 amide bonds. The van der Waals surface area contributed by atoms with Gasteiger partial charge in [0, 0.05) is 86.2 Å². The zero-order valence-electron chi connectivity index (χ0n) is 35.1. The van der Waals surface area contributed by atoms with E-state index in [0.29, 0.717) is 29.6 Å². The maximum atomic E-state index is 12.3. The summed E-state index contributed by atoms with van der Waals surface area (Å²) in [6.45, 7) is 12.9. The highest BCUT2D eigenvalue weighted by Crippen LogP contribution is 2.34. The highest BCUT2D eigenvalue weighted by Gasteiger charge is 2.24. The smallest absolute Gasteiger partial charge is 0.327 e. The van der Waals surface area contributed by atoms with E-state index in [1.165, 1.54) is 51.4 Å². The molecule has 0 bridgehead atoms. The molecule has 8 heterocycles. The fourth-order valence-electron chi connectivity index (χ4n) is 9.22. The van der Waals surface area contributed by atoms with Gasteiger partial charge in [0.2, 0.25) is 5.95 Å². The number of hydrogen-bond acceptors (Lipinski definition) is 12.